The summed E-state index contributed by atoms with van der Waals surface area (Å²) in [4.78, 5) is 19.2. The van der Waals surface area contributed by atoms with Crippen molar-refractivity contribution in [1.29, 1.82) is 0 Å². The van der Waals surface area contributed by atoms with E-state index < -0.39 is 5.79 Å². The lowest BCUT2D eigenvalue weighted by molar-refractivity contribution is -0.169. The molecular weight excluding hydrogens is 330 g/mol. The molecule has 26 heavy (non-hydrogen) atoms. The Balaban J connectivity index is 1.43. The van der Waals surface area contributed by atoms with Gasteiger partial charge in [0.25, 0.3) is 5.91 Å². The van der Waals surface area contributed by atoms with Gasteiger partial charge in [0, 0.05) is 43.4 Å². The third-order valence-electron chi connectivity index (χ3n) is 4.98. The molecule has 2 aliphatic rings. The van der Waals surface area contributed by atoms with Crippen LogP contribution in [0, 0.1) is 6.92 Å². The smallest absolute Gasteiger partial charge is 0.255 e. The van der Waals surface area contributed by atoms with Crippen molar-refractivity contribution in [2.75, 3.05) is 36.5 Å². The van der Waals surface area contributed by atoms with Gasteiger partial charge in [0.05, 0.1) is 13.2 Å². The van der Waals surface area contributed by atoms with Gasteiger partial charge in [0.15, 0.2) is 5.79 Å². The third-order valence-corrected chi connectivity index (χ3v) is 4.98. The zero-order valence-electron chi connectivity index (χ0n) is 14.9. The Hall–Kier alpha value is -2.44. The van der Waals surface area contributed by atoms with Crippen molar-refractivity contribution < 1.29 is 14.3 Å². The maximum absolute atomic E-state index is 12.5. The molecule has 2 saturated heterocycles. The van der Waals surface area contributed by atoms with Crippen LogP contribution in [0.5, 0.6) is 0 Å². The highest BCUT2D eigenvalue weighted by atomic mass is 16.7. The van der Waals surface area contributed by atoms with Crippen LogP contribution < -0.4 is 10.2 Å². The highest BCUT2D eigenvalue weighted by Crippen LogP contribution is 2.32. The summed E-state index contributed by atoms with van der Waals surface area (Å²) in [5.74, 6) is 0.277. The Bertz CT molecular complexity index is 775. The molecule has 2 aromatic rings. The SMILES string of the molecule is Cc1ccc(NC(=O)c2ccnc(N3CCC4(CC3)OCCO4)c2)cc1. The van der Waals surface area contributed by atoms with Crippen LogP contribution in [0.3, 0.4) is 0 Å². The van der Waals surface area contributed by atoms with Crippen molar-refractivity contribution >= 4 is 17.4 Å². The van der Waals surface area contributed by atoms with Gasteiger partial charge in [-0.3, -0.25) is 4.79 Å². The summed E-state index contributed by atoms with van der Waals surface area (Å²) in [6.07, 6.45) is 3.31. The number of pyridine rings is 1. The van der Waals surface area contributed by atoms with Gasteiger partial charge in [-0.1, -0.05) is 17.7 Å². The van der Waals surface area contributed by atoms with E-state index in [0.29, 0.717) is 18.8 Å². The highest BCUT2D eigenvalue weighted by molar-refractivity contribution is 6.04. The number of ether oxygens (including phenoxy) is 2. The summed E-state index contributed by atoms with van der Waals surface area (Å²) in [5.41, 5.74) is 2.55. The number of aromatic nitrogens is 1. The molecule has 1 aromatic heterocycles. The van der Waals surface area contributed by atoms with E-state index in [0.717, 1.165) is 43.0 Å². The van der Waals surface area contributed by atoms with Crippen LogP contribution in [-0.4, -0.2) is 43.0 Å². The summed E-state index contributed by atoms with van der Waals surface area (Å²) in [5, 5.41) is 2.93. The molecule has 0 bridgehead atoms. The van der Waals surface area contributed by atoms with E-state index in [1.807, 2.05) is 37.3 Å². The van der Waals surface area contributed by atoms with Crippen LogP contribution in [0.25, 0.3) is 0 Å². The summed E-state index contributed by atoms with van der Waals surface area (Å²) in [6.45, 7) is 4.97. The Kier molecular flexibility index (Phi) is 4.61. The lowest BCUT2D eigenvalue weighted by atomic mass is 10.0. The van der Waals surface area contributed by atoms with Crippen molar-refractivity contribution in [3.8, 4) is 0 Å². The van der Waals surface area contributed by atoms with Gasteiger partial charge in [-0.05, 0) is 31.2 Å². The number of nitrogens with zero attached hydrogens (tertiary/aromatic N) is 2. The largest absolute Gasteiger partial charge is 0.356 e. The summed E-state index contributed by atoms with van der Waals surface area (Å²) >= 11 is 0. The number of hydrogen-bond acceptors (Lipinski definition) is 5. The van der Waals surface area contributed by atoms with Gasteiger partial charge in [-0.25, -0.2) is 4.98 Å². The van der Waals surface area contributed by atoms with Crippen molar-refractivity contribution in [1.82, 2.24) is 4.98 Å². The third kappa shape index (κ3) is 3.57. The van der Waals surface area contributed by atoms with E-state index in [4.69, 9.17) is 9.47 Å². The topological polar surface area (TPSA) is 63.7 Å². The first-order chi connectivity index (χ1) is 12.6. The van der Waals surface area contributed by atoms with Crippen LogP contribution in [0.15, 0.2) is 42.6 Å². The quantitative estimate of drug-likeness (QED) is 0.919. The lowest BCUT2D eigenvalue weighted by Crippen LogP contribution is -2.45. The monoisotopic (exact) mass is 353 g/mol. The van der Waals surface area contributed by atoms with E-state index in [9.17, 15) is 4.79 Å². The van der Waals surface area contributed by atoms with Gasteiger partial charge in [-0.2, -0.15) is 0 Å². The maximum Gasteiger partial charge on any atom is 0.255 e. The molecule has 6 nitrogen and oxygen atoms in total. The molecule has 2 aliphatic heterocycles. The van der Waals surface area contributed by atoms with Crippen molar-refractivity contribution in [2.45, 2.75) is 25.6 Å². The normalized spacial score (nSPS) is 18.9. The highest BCUT2D eigenvalue weighted by Gasteiger charge is 2.40. The van der Waals surface area contributed by atoms with Crippen LogP contribution in [0.2, 0.25) is 0 Å². The van der Waals surface area contributed by atoms with E-state index >= 15 is 0 Å². The Morgan fingerprint density at radius 3 is 2.50 bits per heavy atom. The number of anilines is 2. The molecule has 3 heterocycles. The zero-order valence-corrected chi connectivity index (χ0v) is 14.9. The first kappa shape index (κ1) is 17.0. The molecule has 1 aromatic carbocycles. The second kappa shape index (κ2) is 7.05. The molecule has 0 radical (unpaired) electrons. The average Bonchev–Trinajstić information content (AvgIpc) is 3.12. The fourth-order valence-corrected chi connectivity index (χ4v) is 3.43. The molecule has 0 saturated carbocycles. The number of amides is 1. The number of benzene rings is 1. The molecular formula is C20H23N3O3. The first-order valence-corrected chi connectivity index (χ1v) is 9.01. The van der Waals surface area contributed by atoms with Crippen LogP contribution >= 0.6 is 0 Å². The fourth-order valence-electron chi connectivity index (χ4n) is 3.43. The molecule has 0 atom stereocenters. The van der Waals surface area contributed by atoms with Gasteiger partial charge in [0.1, 0.15) is 5.82 Å². The predicted octanol–water partition coefficient (Wildman–Crippen LogP) is 2.99. The zero-order chi connectivity index (χ0) is 18.0. The second-order valence-corrected chi connectivity index (χ2v) is 6.82. The second-order valence-electron chi connectivity index (χ2n) is 6.82. The summed E-state index contributed by atoms with van der Waals surface area (Å²) < 4.78 is 11.5. The first-order valence-electron chi connectivity index (χ1n) is 9.01. The van der Waals surface area contributed by atoms with Crippen LogP contribution in [0.4, 0.5) is 11.5 Å². The van der Waals surface area contributed by atoms with Crippen LogP contribution in [0.1, 0.15) is 28.8 Å². The van der Waals surface area contributed by atoms with E-state index in [1.54, 1.807) is 12.3 Å². The molecule has 1 N–H and O–H groups in total. The molecule has 1 spiro atoms. The number of aryl methyl sites for hydroxylation is 1. The number of piperidine rings is 1. The number of carbonyl (C=O) groups excluding carboxylic acids is 1. The number of carbonyl (C=O) groups is 1. The summed E-state index contributed by atoms with van der Waals surface area (Å²) in [7, 11) is 0. The molecule has 136 valence electrons. The van der Waals surface area contributed by atoms with E-state index in [-0.39, 0.29) is 5.91 Å². The minimum atomic E-state index is -0.406. The fraction of sp³-hybridized carbons (Fsp3) is 0.400. The van der Waals surface area contributed by atoms with E-state index in [1.165, 1.54) is 0 Å². The molecule has 0 aliphatic carbocycles. The summed E-state index contributed by atoms with van der Waals surface area (Å²) in [6, 6.07) is 11.3. The van der Waals surface area contributed by atoms with E-state index in [2.05, 4.69) is 15.2 Å². The Labute approximate surface area is 153 Å². The molecule has 6 heteroatoms. The number of rotatable bonds is 3. The molecule has 2 fully saturated rings. The number of hydrogen-bond donors (Lipinski definition) is 1. The maximum atomic E-state index is 12.5. The Morgan fingerprint density at radius 1 is 1.12 bits per heavy atom. The van der Waals surface area contributed by atoms with Gasteiger partial charge in [0.2, 0.25) is 0 Å². The van der Waals surface area contributed by atoms with Crippen molar-refractivity contribution in [3.05, 3.63) is 53.7 Å². The van der Waals surface area contributed by atoms with Gasteiger partial charge < -0.3 is 19.7 Å². The van der Waals surface area contributed by atoms with Crippen molar-refractivity contribution in [2.24, 2.45) is 0 Å². The minimum absolute atomic E-state index is 0.131. The molecule has 1 amide bonds. The molecule has 4 rings (SSSR count). The Morgan fingerprint density at radius 2 is 1.81 bits per heavy atom. The predicted molar refractivity (Wildman–Crippen MR) is 99.5 cm³/mol. The standard InChI is InChI=1S/C20H23N3O3/c1-15-2-4-17(5-3-15)22-19(24)16-6-9-21-18(14-16)23-10-7-20(8-11-23)25-12-13-26-20/h2-6,9,14H,7-8,10-13H2,1H3,(H,22,24). The number of nitrogens with one attached hydrogen (secondary N) is 1. The van der Waals surface area contributed by atoms with Crippen LogP contribution in [-0.2, 0) is 9.47 Å². The van der Waals surface area contributed by atoms with Gasteiger partial charge in [-0.15, -0.1) is 0 Å². The van der Waals surface area contributed by atoms with Gasteiger partial charge >= 0.3 is 0 Å². The average molecular weight is 353 g/mol. The lowest BCUT2D eigenvalue weighted by Gasteiger charge is -2.38. The van der Waals surface area contributed by atoms with Crippen molar-refractivity contribution in [3.63, 3.8) is 0 Å². The molecule has 0 unspecified atom stereocenters. The minimum Gasteiger partial charge on any atom is -0.356 e.